The van der Waals surface area contributed by atoms with E-state index in [2.05, 4.69) is 30.4 Å². The van der Waals surface area contributed by atoms with E-state index in [0.29, 0.717) is 18.1 Å². The van der Waals surface area contributed by atoms with Crippen LogP contribution in [0.15, 0.2) is 18.2 Å². The molecule has 0 bridgehead atoms. The molecule has 1 N–H and O–H groups in total. The van der Waals surface area contributed by atoms with Crippen LogP contribution in [-0.4, -0.2) is 18.9 Å². The van der Waals surface area contributed by atoms with E-state index in [0.717, 1.165) is 38.2 Å². The first-order valence-electron chi connectivity index (χ1n) is 9.18. The third-order valence-corrected chi connectivity index (χ3v) is 4.59. The molecule has 0 aliphatic carbocycles. The molecular weight excluding hydrogens is 286 g/mol. The normalized spacial score (nSPS) is 16.5. The number of nitrogens with one attached hydrogen (secondary N) is 1. The lowest BCUT2D eigenvalue weighted by Gasteiger charge is -2.26. The summed E-state index contributed by atoms with van der Waals surface area (Å²) in [6, 6.07) is 6.39. The molecule has 0 saturated carbocycles. The van der Waals surface area contributed by atoms with Crippen molar-refractivity contribution in [3.63, 3.8) is 0 Å². The van der Waals surface area contributed by atoms with Gasteiger partial charge in [-0.05, 0) is 43.7 Å². The van der Waals surface area contributed by atoms with Gasteiger partial charge in [0.25, 0.3) is 0 Å². The first-order valence-corrected chi connectivity index (χ1v) is 9.18. The summed E-state index contributed by atoms with van der Waals surface area (Å²) in [6.07, 6.45) is 9.06. The summed E-state index contributed by atoms with van der Waals surface area (Å²) in [4.78, 5) is 11.1. The maximum atomic E-state index is 11.1. The van der Waals surface area contributed by atoms with Crippen molar-refractivity contribution >= 4 is 11.5 Å². The largest absolute Gasteiger partial charge is 0.494 e. The number of rotatable bonds is 10. The van der Waals surface area contributed by atoms with Crippen molar-refractivity contribution < 1.29 is 9.53 Å². The third-order valence-electron chi connectivity index (χ3n) is 4.59. The molecule has 1 unspecified atom stereocenters. The number of hydrogen-bond acceptors (Lipinski definition) is 3. The van der Waals surface area contributed by atoms with Crippen LogP contribution in [0.5, 0.6) is 5.75 Å². The summed E-state index contributed by atoms with van der Waals surface area (Å²) >= 11 is 0. The number of carbonyl (C=O) groups is 1. The zero-order valence-corrected chi connectivity index (χ0v) is 14.7. The van der Waals surface area contributed by atoms with Crippen molar-refractivity contribution in [3.05, 3.63) is 23.8 Å². The second-order valence-electron chi connectivity index (χ2n) is 6.77. The lowest BCUT2D eigenvalue weighted by atomic mass is 9.90. The number of Topliss-reactive ketones (excluding diaryl/α,β-unsaturated/α-hetero) is 1. The van der Waals surface area contributed by atoms with Crippen LogP contribution in [0.2, 0.25) is 0 Å². The van der Waals surface area contributed by atoms with Crippen molar-refractivity contribution in [3.8, 4) is 5.75 Å². The average Bonchev–Trinajstić information content (AvgIpc) is 2.56. The van der Waals surface area contributed by atoms with Crippen molar-refractivity contribution in [2.24, 2.45) is 5.92 Å². The number of benzene rings is 1. The Labute approximate surface area is 140 Å². The minimum Gasteiger partial charge on any atom is -0.494 e. The molecule has 23 heavy (non-hydrogen) atoms. The molecule has 1 aliphatic rings. The minimum atomic E-state index is 0.290. The Bertz CT molecular complexity index is 498. The van der Waals surface area contributed by atoms with Gasteiger partial charge in [0.1, 0.15) is 11.5 Å². The highest BCUT2D eigenvalue weighted by molar-refractivity contribution is 5.75. The van der Waals surface area contributed by atoms with Gasteiger partial charge in [0, 0.05) is 24.7 Å². The molecule has 0 spiro atoms. The number of ether oxygens (including phenoxy) is 1. The van der Waals surface area contributed by atoms with Crippen molar-refractivity contribution in [2.75, 3.05) is 18.5 Å². The number of ketones is 1. The maximum Gasteiger partial charge on any atom is 0.129 e. The maximum absolute atomic E-state index is 11.1. The molecule has 1 aliphatic heterocycles. The van der Waals surface area contributed by atoms with Crippen molar-refractivity contribution in [1.82, 2.24) is 0 Å². The molecule has 0 fully saturated rings. The van der Waals surface area contributed by atoms with E-state index in [1.54, 1.807) is 6.92 Å². The summed E-state index contributed by atoms with van der Waals surface area (Å²) in [7, 11) is 0. The first-order chi connectivity index (χ1) is 11.2. The van der Waals surface area contributed by atoms with Gasteiger partial charge in [0.05, 0.1) is 6.61 Å². The van der Waals surface area contributed by atoms with Crippen LogP contribution in [0.1, 0.15) is 64.4 Å². The lowest BCUT2D eigenvalue weighted by Crippen LogP contribution is -2.23. The van der Waals surface area contributed by atoms with Crippen LogP contribution in [-0.2, 0) is 11.2 Å². The molecule has 0 aromatic heterocycles. The van der Waals surface area contributed by atoms with Gasteiger partial charge in [0.15, 0.2) is 0 Å². The van der Waals surface area contributed by atoms with Gasteiger partial charge in [-0.1, -0.05) is 38.7 Å². The summed E-state index contributed by atoms with van der Waals surface area (Å²) in [6.45, 7) is 5.68. The summed E-state index contributed by atoms with van der Waals surface area (Å²) in [5, 5.41) is 3.50. The van der Waals surface area contributed by atoms with Crippen molar-refractivity contribution in [2.45, 2.75) is 65.2 Å². The van der Waals surface area contributed by atoms with Gasteiger partial charge in [-0.3, -0.25) is 0 Å². The molecule has 1 heterocycles. The smallest absolute Gasteiger partial charge is 0.129 e. The summed E-state index contributed by atoms with van der Waals surface area (Å²) in [5.74, 6) is 1.82. The standard InChI is InChI=1S/C20H31NO2/c1-3-4-5-6-7-12-23-19-11-10-18-13-17(9-8-16(2)22)15-21-20(18)14-19/h10-11,14,17,21H,3-9,12-13,15H2,1-2H3. The Morgan fingerprint density at radius 2 is 2.09 bits per heavy atom. The Kier molecular flexibility index (Phi) is 7.44. The van der Waals surface area contributed by atoms with Crippen molar-refractivity contribution in [1.29, 1.82) is 0 Å². The Hall–Kier alpha value is -1.51. The van der Waals surface area contributed by atoms with Crippen LogP contribution in [0.3, 0.4) is 0 Å². The fraction of sp³-hybridized carbons (Fsp3) is 0.650. The van der Waals surface area contributed by atoms with Gasteiger partial charge < -0.3 is 14.8 Å². The SMILES string of the molecule is CCCCCCCOc1ccc2c(c1)NCC(CCC(C)=O)C2. The predicted molar refractivity (Wildman–Crippen MR) is 96.3 cm³/mol. The van der Waals surface area contributed by atoms with E-state index in [1.165, 1.54) is 36.9 Å². The van der Waals surface area contributed by atoms with Gasteiger partial charge in [0.2, 0.25) is 0 Å². The average molecular weight is 317 g/mol. The topological polar surface area (TPSA) is 38.3 Å². The van der Waals surface area contributed by atoms with Gasteiger partial charge >= 0.3 is 0 Å². The predicted octanol–water partition coefficient (Wildman–Crippen LogP) is 4.99. The third kappa shape index (κ3) is 6.25. The number of anilines is 1. The van der Waals surface area contributed by atoms with Crippen LogP contribution in [0.25, 0.3) is 0 Å². The molecule has 0 radical (unpaired) electrons. The molecule has 1 atom stereocenters. The van der Waals surface area contributed by atoms with E-state index in [1.807, 2.05) is 0 Å². The number of unbranched alkanes of at least 4 members (excludes halogenated alkanes) is 4. The molecule has 0 saturated heterocycles. The van der Waals surface area contributed by atoms with E-state index < -0.39 is 0 Å². The second kappa shape index (κ2) is 9.59. The molecular formula is C20H31NO2. The molecule has 128 valence electrons. The highest BCUT2D eigenvalue weighted by Crippen LogP contribution is 2.30. The lowest BCUT2D eigenvalue weighted by molar-refractivity contribution is -0.117. The van der Waals surface area contributed by atoms with E-state index >= 15 is 0 Å². The first kappa shape index (κ1) is 17.8. The molecule has 1 aromatic rings. The van der Waals surface area contributed by atoms with Crippen LogP contribution < -0.4 is 10.1 Å². The molecule has 3 nitrogen and oxygen atoms in total. The van der Waals surface area contributed by atoms with Gasteiger partial charge in [-0.15, -0.1) is 0 Å². The quantitative estimate of drug-likeness (QED) is 0.618. The van der Waals surface area contributed by atoms with Gasteiger partial charge in [-0.25, -0.2) is 0 Å². The molecule has 0 amide bonds. The molecule has 2 rings (SSSR count). The minimum absolute atomic E-state index is 0.290. The second-order valence-corrected chi connectivity index (χ2v) is 6.77. The van der Waals surface area contributed by atoms with Gasteiger partial charge in [-0.2, -0.15) is 0 Å². The molecule has 3 heteroatoms. The van der Waals surface area contributed by atoms with Crippen LogP contribution >= 0.6 is 0 Å². The van der Waals surface area contributed by atoms with Crippen LogP contribution in [0, 0.1) is 5.92 Å². The number of carbonyl (C=O) groups excluding carboxylic acids is 1. The Balaban J connectivity index is 1.76. The highest BCUT2D eigenvalue weighted by atomic mass is 16.5. The zero-order valence-electron chi connectivity index (χ0n) is 14.7. The Morgan fingerprint density at radius 3 is 2.87 bits per heavy atom. The Morgan fingerprint density at radius 1 is 1.26 bits per heavy atom. The molecule has 1 aromatic carbocycles. The monoisotopic (exact) mass is 317 g/mol. The fourth-order valence-electron chi connectivity index (χ4n) is 3.13. The number of fused-ring (bicyclic) bond motifs is 1. The van der Waals surface area contributed by atoms with Crippen LogP contribution in [0.4, 0.5) is 5.69 Å². The fourth-order valence-corrected chi connectivity index (χ4v) is 3.13. The summed E-state index contributed by atoms with van der Waals surface area (Å²) < 4.78 is 5.87. The highest BCUT2D eigenvalue weighted by Gasteiger charge is 2.18. The van der Waals surface area contributed by atoms with E-state index in [-0.39, 0.29) is 0 Å². The summed E-state index contributed by atoms with van der Waals surface area (Å²) in [5.41, 5.74) is 2.55. The van der Waals surface area contributed by atoms with E-state index in [4.69, 9.17) is 4.74 Å². The van der Waals surface area contributed by atoms with E-state index in [9.17, 15) is 4.79 Å². The number of hydrogen-bond donors (Lipinski definition) is 1. The zero-order chi connectivity index (χ0) is 16.5.